The Balaban J connectivity index is 1.27. The number of fused-ring (bicyclic) bond motifs is 1. The number of nitrogens with zero attached hydrogens (tertiary/aromatic N) is 5. The molecule has 0 radical (unpaired) electrons. The first-order chi connectivity index (χ1) is 16.1. The van der Waals surface area contributed by atoms with E-state index in [-0.39, 0.29) is 11.8 Å². The number of anilines is 2. The highest BCUT2D eigenvalue weighted by Crippen LogP contribution is 2.30. The van der Waals surface area contributed by atoms with Crippen LogP contribution in [0.4, 0.5) is 11.5 Å². The summed E-state index contributed by atoms with van der Waals surface area (Å²) in [5.41, 5.74) is 3.39. The summed E-state index contributed by atoms with van der Waals surface area (Å²) in [5.74, 6) is 1.27. The van der Waals surface area contributed by atoms with Gasteiger partial charge in [-0.05, 0) is 58.2 Å². The number of para-hydroxylation sites is 1. The number of aryl methyl sites for hydroxylation is 2. The summed E-state index contributed by atoms with van der Waals surface area (Å²) in [7, 11) is 0. The molecule has 0 spiro atoms. The van der Waals surface area contributed by atoms with Gasteiger partial charge in [0.1, 0.15) is 5.52 Å². The largest absolute Gasteiger partial charge is 0.372 e. The van der Waals surface area contributed by atoms with Gasteiger partial charge in [0.05, 0.1) is 5.69 Å². The second kappa shape index (κ2) is 10.7. The van der Waals surface area contributed by atoms with E-state index in [1.165, 1.54) is 11.1 Å². The van der Waals surface area contributed by atoms with E-state index in [1.807, 2.05) is 23.0 Å². The number of aromatic nitrogens is 3. The molecule has 1 aromatic carbocycles. The molecular weight excluding hydrogens is 412 g/mol. The van der Waals surface area contributed by atoms with Crippen molar-refractivity contribution < 1.29 is 4.79 Å². The lowest BCUT2D eigenvalue weighted by Crippen LogP contribution is -2.41. The number of hydrogen-bond acceptors (Lipinski definition) is 5. The molecule has 33 heavy (non-hydrogen) atoms. The third-order valence-electron chi connectivity index (χ3n) is 6.70. The Morgan fingerprint density at radius 2 is 1.91 bits per heavy atom. The Morgan fingerprint density at radius 3 is 2.61 bits per heavy atom. The van der Waals surface area contributed by atoms with Crippen LogP contribution in [0.5, 0.6) is 0 Å². The second-order valence-electron chi connectivity index (χ2n) is 8.75. The van der Waals surface area contributed by atoms with Crippen LogP contribution in [0.25, 0.3) is 10.9 Å². The molecule has 7 heteroatoms. The molecule has 0 bridgehead atoms. The van der Waals surface area contributed by atoms with Crippen LogP contribution in [-0.2, 0) is 11.3 Å². The zero-order valence-electron chi connectivity index (χ0n) is 20.1. The van der Waals surface area contributed by atoms with E-state index < -0.39 is 0 Å². The average molecular weight is 449 g/mol. The van der Waals surface area contributed by atoms with Gasteiger partial charge >= 0.3 is 0 Å². The van der Waals surface area contributed by atoms with Crippen LogP contribution < -0.4 is 15.1 Å². The molecule has 176 valence electrons. The molecule has 3 aromatic rings. The number of carbonyl (C=O) groups excluding carboxylic acids is 1. The summed E-state index contributed by atoms with van der Waals surface area (Å²) in [4.78, 5) is 22.1. The van der Waals surface area contributed by atoms with Crippen molar-refractivity contribution in [3.63, 3.8) is 0 Å². The number of nitrogens with one attached hydrogen (secondary N) is 1. The minimum atomic E-state index is 0.0784. The monoisotopic (exact) mass is 448 g/mol. The van der Waals surface area contributed by atoms with Gasteiger partial charge in [0.2, 0.25) is 5.91 Å². The summed E-state index contributed by atoms with van der Waals surface area (Å²) in [6, 6.07) is 12.5. The van der Waals surface area contributed by atoms with Gasteiger partial charge < -0.3 is 15.1 Å². The quantitative estimate of drug-likeness (QED) is 0.501. The number of hydrogen-bond donors (Lipinski definition) is 1. The summed E-state index contributed by atoms with van der Waals surface area (Å²) < 4.78 is 2.04. The fraction of sp³-hybridized carbons (Fsp3) is 0.500. The van der Waals surface area contributed by atoms with Gasteiger partial charge in [0.15, 0.2) is 5.82 Å². The highest BCUT2D eigenvalue weighted by Gasteiger charge is 2.27. The van der Waals surface area contributed by atoms with E-state index in [2.05, 4.69) is 65.3 Å². The Kier molecular flexibility index (Phi) is 7.47. The maximum atomic E-state index is 12.8. The van der Waals surface area contributed by atoms with E-state index in [4.69, 9.17) is 4.98 Å². The maximum absolute atomic E-state index is 12.8. The Hall–Kier alpha value is -3.09. The van der Waals surface area contributed by atoms with Crippen LogP contribution in [0.15, 0.2) is 42.6 Å². The van der Waals surface area contributed by atoms with Crippen LogP contribution in [-0.4, -0.2) is 53.4 Å². The molecule has 0 unspecified atom stereocenters. The number of rotatable bonds is 9. The van der Waals surface area contributed by atoms with Gasteiger partial charge in [-0.25, -0.2) is 4.98 Å². The predicted molar refractivity (Wildman–Crippen MR) is 135 cm³/mol. The number of piperidine rings is 1. The molecule has 0 saturated carbocycles. The fourth-order valence-electron chi connectivity index (χ4n) is 4.82. The van der Waals surface area contributed by atoms with E-state index >= 15 is 0 Å². The van der Waals surface area contributed by atoms with Crippen molar-refractivity contribution in [1.82, 2.24) is 20.1 Å². The van der Waals surface area contributed by atoms with Crippen LogP contribution in [0.3, 0.4) is 0 Å². The Morgan fingerprint density at radius 1 is 1.15 bits per heavy atom. The molecule has 1 fully saturated rings. The van der Waals surface area contributed by atoms with E-state index in [0.717, 1.165) is 75.6 Å². The van der Waals surface area contributed by atoms with Gasteiger partial charge in [0.25, 0.3) is 0 Å². The smallest absolute Gasteiger partial charge is 0.223 e. The lowest BCUT2D eigenvalue weighted by atomic mass is 9.95. The van der Waals surface area contributed by atoms with E-state index in [0.29, 0.717) is 0 Å². The van der Waals surface area contributed by atoms with Crippen LogP contribution in [0.1, 0.15) is 38.8 Å². The Labute approximate surface area is 196 Å². The van der Waals surface area contributed by atoms with Gasteiger partial charge in [0, 0.05) is 62.5 Å². The third-order valence-corrected chi connectivity index (χ3v) is 6.70. The zero-order chi connectivity index (χ0) is 23.2. The molecule has 3 heterocycles. The molecule has 0 aliphatic carbocycles. The van der Waals surface area contributed by atoms with Gasteiger partial charge in [-0.3, -0.25) is 9.48 Å². The number of benzene rings is 1. The van der Waals surface area contributed by atoms with Gasteiger partial charge in [-0.2, -0.15) is 5.10 Å². The lowest BCUT2D eigenvalue weighted by Gasteiger charge is -2.32. The fourth-order valence-corrected chi connectivity index (χ4v) is 4.82. The molecular formula is C26H36N6O. The summed E-state index contributed by atoms with van der Waals surface area (Å²) >= 11 is 0. The predicted octanol–water partition coefficient (Wildman–Crippen LogP) is 4.01. The number of pyridine rings is 1. The van der Waals surface area contributed by atoms with Crippen molar-refractivity contribution in [2.24, 2.45) is 5.92 Å². The molecule has 1 aliphatic heterocycles. The topological polar surface area (TPSA) is 66.3 Å². The van der Waals surface area contributed by atoms with Crippen LogP contribution in [0, 0.1) is 12.8 Å². The molecule has 1 aliphatic rings. The van der Waals surface area contributed by atoms with E-state index in [1.54, 1.807) is 0 Å². The molecule has 7 nitrogen and oxygen atoms in total. The minimum absolute atomic E-state index is 0.0784. The summed E-state index contributed by atoms with van der Waals surface area (Å²) in [6.07, 6.45) is 4.53. The second-order valence-corrected chi connectivity index (χ2v) is 8.75. The zero-order valence-corrected chi connectivity index (χ0v) is 20.1. The molecule has 1 saturated heterocycles. The highest BCUT2D eigenvalue weighted by atomic mass is 16.1. The summed E-state index contributed by atoms with van der Waals surface area (Å²) in [6.45, 7) is 11.5. The van der Waals surface area contributed by atoms with Crippen molar-refractivity contribution in [2.45, 2.75) is 46.6 Å². The first kappa shape index (κ1) is 23.1. The molecule has 1 amide bonds. The number of carbonyl (C=O) groups is 1. The van der Waals surface area contributed by atoms with E-state index in [9.17, 15) is 4.79 Å². The molecule has 0 atom stereocenters. The highest BCUT2D eigenvalue weighted by molar-refractivity contribution is 5.91. The third kappa shape index (κ3) is 5.13. The van der Waals surface area contributed by atoms with Crippen LogP contribution in [0.2, 0.25) is 0 Å². The molecule has 4 rings (SSSR count). The van der Waals surface area contributed by atoms with Crippen molar-refractivity contribution >= 4 is 28.3 Å². The number of amides is 1. The normalized spacial score (nSPS) is 14.6. The van der Waals surface area contributed by atoms with Gasteiger partial charge in [-0.15, -0.1) is 0 Å². The lowest BCUT2D eigenvalue weighted by molar-refractivity contribution is -0.125. The van der Waals surface area contributed by atoms with Crippen molar-refractivity contribution in [3.8, 4) is 0 Å². The Bertz CT molecular complexity index is 1060. The molecule has 1 N–H and O–H groups in total. The molecule has 2 aromatic heterocycles. The summed E-state index contributed by atoms with van der Waals surface area (Å²) in [5, 5.41) is 9.01. The van der Waals surface area contributed by atoms with Crippen molar-refractivity contribution in [3.05, 3.63) is 48.3 Å². The SMILES string of the molecule is CCN(CCCNC(=O)C1CCN(c2nccc3c(C)nn(CC)c23)CC1)c1ccccc1. The maximum Gasteiger partial charge on any atom is 0.223 e. The minimum Gasteiger partial charge on any atom is -0.372 e. The standard InChI is InChI=1S/C26H36N6O/c1-4-30(22-10-7-6-8-11-22)17-9-15-28-26(33)21-13-18-31(19-14-21)25-24-23(12-16-27-25)20(3)29-32(24)5-2/h6-8,10-12,16,21H,4-5,9,13-15,17-19H2,1-3H3,(H,28,33). The average Bonchev–Trinajstić information content (AvgIpc) is 3.20. The van der Waals surface area contributed by atoms with Crippen LogP contribution >= 0.6 is 0 Å². The first-order valence-electron chi connectivity index (χ1n) is 12.3. The van der Waals surface area contributed by atoms with Gasteiger partial charge in [-0.1, -0.05) is 18.2 Å². The first-order valence-corrected chi connectivity index (χ1v) is 12.3. The van der Waals surface area contributed by atoms with Crippen molar-refractivity contribution in [2.75, 3.05) is 42.5 Å². The van der Waals surface area contributed by atoms with Crippen molar-refractivity contribution in [1.29, 1.82) is 0 Å².